The van der Waals surface area contributed by atoms with E-state index in [-0.39, 0.29) is 42.8 Å². The number of aliphatic imine (C=N–C) groups is 1. The Labute approximate surface area is 190 Å². The van der Waals surface area contributed by atoms with Gasteiger partial charge in [-0.15, -0.1) is 24.0 Å². The van der Waals surface area contributed by atoms with Crippen molar-refractivity contribution >= 4 is 40.0 Å². The lowest BCUT2D eigenvalue weighted by atomic mass is 10.2. The normalized spacial score (nSPS) is 11.4. The van der Waals surface area contributed by atoms with Gasteiger partial charge in [0.15, 0.2) is 5.96 Å². The molecule has 7 nitrogen and oxygen atoms in total. The summed E-state index contributed by atoms with van der Waals surface area (Å²) in [5.74, 6) is 1.29. The van der Waals surface area contributed by atoms with Gasteiger partial charge in [0, 0.05) is 25.2 Å². The number of nitrogens with zero attached hydrogens (tertiary/aromatic N) is 1. The minimum Gasteiger partial charge on any atom is -0.496 e. The number of methoxy groups -OCH3 is 1. The van der Waals surface area contributed by atoms with E-state index >= 15 is 0 Å². The number of rotatable bonds is 10. The lowest BCUT2D eigenvalue weighted by molar-refractivity contribution is 0.410. The van der Waals surface area contributed by atoms with E-state index in [9.17, 15) is 8.42 Å². The van der Waals surface area contributed by atoms with Crippen molar-refractivity contribution in [2.45, 2.75) is 20.0 Å². The molecule has 0 bridgehead atoms. The zero-order valence-electron chi connectivity index (χ0n) is 16.7. The maximum absolute atomic E-state index is 12.2. The summed E-state index contributed by atoms with van der Waals surface area (Å²) in [6.07, 6.45) is 0. The van der Waals surface area contributed by atoms with Crippen LogP contribution in [0.25, 0.3) is 0 Å². The predicted molar refractivity (Wildman–Crippen MR) is 128 cm³/mol. The molecule has 3 N–H and O–H groups in total. The minimum atomic E-state index is -3.38. The zero-order chi connectivity index (χ0) is 20.2. The van der Waals surface area contributed by atoms with Gasteiger partial charge < -0.3 is 15.4 Å². The Morgan fingerprint density at radius 1 is 1.03 bits per heavy atom. The molecule has 0 aromatic heterocycles. The number of hydrogen-bond acceptors (Lipinski definition) is 4. The monoisotopic (exact) mass is 532 g/mol. The Balaban J connectivity index is 0.00000420. The van der Waals surface area contributed by atoms with Gasteiger partial charge in [0.1, 0.15) is 5.75 Å². The Morgan fingerprint density at radius 2 is 1.72 bits per heavy atom. The van der Waals surface area contributed by atoms with Crippen LogP contribution in [0.4, 0.5) is 0 Å². The highest BCUT2D eigenvalue weighted by Crippen LogP contribution is 2.17. The Bertz CT molecular complexity index is 861. The minimum absolute atomic E-state index is 0. The fraction of sp³-hybridized carbons (Fsp3) is 0.350. The molecular formula is C20H29IN4O3S. The van der Waals surface area contributed by atoms with Crippen LogP contribution in [0.2, 0.25) is 0 Å². The molecule has 0 atom stereocenters. The summed E-state index contributed by atoms with van der Waals surface area (Å²) in [6, 6.07) is 17.1. The number of hydrogen-bond donors (Lipinski definition) is 3. The smallest absolute Gasteiger partial charge is 0.213 e. The Morgan fingerprint density at radius 3 is 2.41 bits per heavy atom. The highest BCUT2D eigenvalue weighted by atomic mass is 127. The van der Waals surface area contributed by atoms with E-state index in [0.29, 0.717) is 19.0 Å². The highest BCUT2D eigenvalue weighted by Gasteiger charge is 2.10. The average molecular weight is 532 g/mol. The number of guanidine groups is 1. The number of para-hydroxylation sites is 1. The Hall–Kier alpha value is -1.85. The molecule has 0 spiro atoms. The van der Waals surface area contributed by atoms with Gasteiger partial charge in [0.05, 0.1) is 19.4 Å². The van der Waals surface area contributed by atoms with Gasteiger partial charge in [-0.3, -0.25) is 0 Å². The molecule has 0 amide bonds. The first-order chi connectivity index (χ1) is 13.5. The topological polar surface area (TPSA) is 91.8 Å². The van der Waals surface area contributed by atoms with Crippen LogP contribution in [0.5, 0.6) is 5.75 Å². The molecule has 0 aliphatic heterocycles. The average Bonchev–Trinajstić information content (AvgIpc) is 2.71. The SMILES string of the molecule is CCNC(=NCc1ccccc1OC)NCCS(=O)(=O)NCc1ccccc1.I. The molecule has 0 aliphatic carbocycles. The van der Waals surface area contributed by atoms with Crippen molar-refractivity contribution in [3.63, 3.8) is 0 Å². The van der Waals surface area contributed by atoms with Crippen molar-refractivity contribution in [3.05, 3.63) is 65.7 Å². The molecule has 29 heavy (non-hydrogen) atoms. The van der Waals surface area contributed by atoms with Crippen LogP contribution in [0.3, 0.4) is 0 Å². The first-order valence-electron chi connectivity index (χ1n) is 9.19. The van der Waals surface area contributed by atoms with E-state index in [2.05, 4.69) is 20.3 Å². The first-order valence-corrected chi connectivity index (χ1v) is 10.8. The third kappa shape index (κ3) is 9.46. The number of sulfonamides is 1. The molecule has 0 saturated heterocycles. The van der Waals surface area contributed by atoms with E-state index in [4.69, 9.17) is 4.74 Å². The second-order valence-corrected chi connectivity index (χ2v) is 7.99. The standard InChI is InChI=1S/C20H28N4O3S.HI/c1-3-21-20(23-16-18-11-7-8-12-19(18)27-2)22-13-14-28(25,26)24-15-17-9-5-4-6-10-17;/h4-12,24H,3,13-16H2,1-2H3,(H2,21,22,23);1H. The zero-order valence-corrected chi connectivity index (χ0v) is 19.9. The molecule has 0 radical (unpaired) electrons. The van der Waals surface area contributed by atoms with Crippen LogP contribution < -0.4 is 20.1 Å². The summed E-state index contributed by atoms with van der Waals surface area (Å²) in [7, 11) is -1.76. The quantitative estimate of drug-likeness (QED) is 0.249. The fourth-order valence-corrected chi connectivity index (χ4v) is 3.41. The molecule has 0 heterocycles. The maximum atomic E-state index is 12.2. The summed E-state index contributed by atoms with van der Waals surface area (Å²) < 4.78 is 32.3. The fourth-order valence-electron chi connectivity index (χ4n) is 2.50. The van der Waals surface area contributed by atoms with Crippen molar-refractivity contribution in [3.8, 4) is 5.75 Å². The van der Waals surface area contributed by atoms with Crippen molar-refractivity contribution < 1.29 is 13.2 Å². The third-order valence-electron chi connectivity index (χ3n) is 3.95. The molecule has 160 valence electrons. The van der Waals surface area contributed by atoms with Crippen LogP contribution in [0, 0.1) is 0 Å². The van der Waals surface area contributed by atoms with Crippen LogP contribution in [0.1, 0.15) is 18.1 Å². The van der Waals surface area contributed by atoms with Gasteiger partial charge in [-0.1, -0.05) is 48.5 Å². The summed E-state index contributed by atoms with van der Waals surface area (Å²) >= 11 is 0. The van der Waals surface area contributed by atoms with Crippen molar-refractivity contribution in [1.29, 1.82) is 0 Å². The first kappa shape index (κ1) is 25.2. The lowest BCUT2D eigenvalue weighted by Crippen LogP contribution is -2.41. The third-order valence-corrected chi connectivity index (χ3v) is 5.27. The number of benzene rings is 2. The number of nitrogens with one attached hydrogen (secondary N) is 3. The van der Waals surface area contributed by atoms with E-state index < -0.39 is 10.0 Å². The van der Waals surface area contributed by atoms with Gasteiger partial charge in [-0.2, -0.15) is 0 Å². The molecular weight excluding hydrogens is 503 g/mol. The van der Waals surface area contributed by atoms with Crippen LogP contribution in [0.15, 0.2) is 59.6 Å². The molecule has 2 aromatic carbocycles. The van der Waals surface area contributed by atoms with Crippen molar-refractivity contribution in [2.24, 2.45) is 4.99 Å². The molecule has 0 saturated carbocycles. The summed E-state index contributed by atoms with van der Waals surface area (Å²) in [5, 5.41) is 6.18. The van der Waals surface area contributed by atoms with Gasteiger partial charge in [0.25, 0.3) is 0 Å². The van der Waals surface area contributed by atoms with Gasteiger partial charge in [0.2, 0.25) is 10.0 Å². The molecule has 2 aromatic rings. The summed E-state index contributed by atoms with van der Waals surface area (Å²) in [4.78, 5) is 4.50. The van der Waals surface area contributed by atoms with Crippen molar-refractivity contribution in [2.75, 3.05) is 26.0 Å². The predicted octanol–water partition coefficient (Wildman–Crippen LogP) is 2.49. The highest BCUT2D eigenvalue weighted by molar-refractivity contribution is 14.0. The van der Waals surface area contributed by atoms with E-state index in [1.165, 1.54) is 0 Å². The van der Waals surface area contributed by atoms with Gasteiger partial charge in [-0.25, -0.2) is 18.1 Å². The van der Waals surface area contributed by atoms with E-state index in [1.807, 2.05) is 61.5 Å². The van der Waals surface area contributed by atoms with E-state index in [1.54, 1.807) is 7.11 Å². The number of halogens is 1. The molecule has 0 unspecified atom stereocenters. The molecule has 2 rings (SSSR count). The summed E-state index contributed by atoms with van der Waals surface area (Å²) in [5.41, 5.74) is 1.88. The summed E-state index contributed by atoms with van der Waals surface area (Å²) in [6.45, 7) is 3.60. The van der Waals surface area contributed by atoms with Crippen LogP contribution in [-0.4, -0.2) is 40.3 Å². The van der Waals surface area contributed by atoms with Gasteiger partial charge >= 0.3 is 0 Å². The molecule has 9 heteroatoms. The van der Waals surface area contributed by atoms with Crippen LogP contribution >= 0.6 is 24.0 Å². The van der Waals surface area contributed by atoms with E-state index in [0.717, 1.165) is 16.9 Å². The van der Waals surface area contributed by atoms with Gasteiger partial charge in [-0.05, 0) is 18.6 Å². The molecule has 0 aliphatic rings. The van der Waals surface area contributed by atoms with Crippen molar-refractivity contribution in [1.82, 2.24) is 15.4 Å². The van der Waals surface area contributed by atoms with Crippen LogP contribution in [-0.2, 0) is 23.1 Å². The lowest BCUT2D eigenvalue weighted by Gasteiger charge is -2.13. The second-order valence-electron chi connectivity index (χ2n) is 6.06. The Kier molecular flexibility index (Phi) is 11.6. The maximum Gasteiger partial charge on any atom is 0.213 e. The molecule has 0 fully saturated rings. The second kappa shape index (κ2) is 13.4. The largest absolute Gasteiger partial charge is 0.496 e. The number of ether oxygens (including phenoxy) is 1.